The molecule has 3 aromatic carbocycles. The van der Waals surface area contributed by atoms with Gasteiger partial charge in [-0.25, -0.2) is 0 Å². The number of amides is 2. The van der Waals surface area contributed by atoms with E-state index < -0.39 is 11.8 Å². The number of benzene rings is 3. The number of esters is 1. The van der Waals surface area contributed by atoms with Crippen LogP contribution in [0.25, 0.3) is 6.08 Å². The van der Waals surface area contributed by atoms with Crippen LogP contribution in [0.15, 0.2) is 83.4 Å². The van der Waals surface area contributed by atoms with Crippen molar-refractivity contribution in [1.82, 2.24) is 5.32 Å². The summed E-state index contributed by atoms with van der Waals surface area (Å²) in [5.74, 6) is -0.246. The average Bonchev–Trinajstić information content (AvgIpc) is 2.92. The van der Waals surface area contributed by atoms with Crippen LogP contribution in [0.5, 0.6) is 11.5 Å². The molecule has 0 atom stereocenters. The first-order valence-corrected chi connectivity index (χ1v) is 12.4. The summed E-state index contributed by atoms with van der Waals surface area (Å²) >= 11 is 1.30. The number of carbonyl (C=O) groups is 3. The number of rotatable bonds is 11. The van der Waals surface area contributed by atoms with Gasteiger partial charge in [-0.3, -0.25) is 14.4 Å². The van der Waals surface area contributed by atoms with E-state index in [1.54, 1.807) is 73.7 Å². The molecule has 0 radical (unpaired) electrons. The molecule has 3 aromatic rings. The number of ether oxygens (including phenoxy) is 3. The summed E-state index contributed by atoms with van der Waals surface area (Å²) in [7, 11) is 3.01. The van der Waals surface area contributed by atoms with E-state index in [0.717, 1.165) is 4.90 Å². The highest BCUT2D eigenvalue weighted by molar-refractivity contribution is 8.00. The maximum Gasteiger partial charge on any atom is 0.316 e. The molecule has 2 amide bonds. The fraction of sp³-hybridized carbons (Fsp3) is 0.179. The lowest BCUT2D eigenvalue weighted by Crippen LogP contribution is -2.30. The Morgan fingerprint density at radius 1 is 0.919 bits per heavy atom. The SMILES string of the molecule is CCOC(=O)CSc1cccc(NC(=O)/C(=C\c2cccc(OC)c2OC)NC(=O)c2ccccc2)c1. The minimum atomic E-state index is -0.540. The Kier molecular flexibility index (Phi) is 10.2. The molecule has 0 aromatic heterocycles. The van der Waals surface area contributed by atoms with Crippen molar-refractivity contribution in [2.75, 3.05) is 31.9 Å². The Bertz CT molecular complexity index is 1280. The van der Waals surface area contributed by atoms with Gasteiger partial charge < -0.3 is 24.8 Å². The van der Waals surface area contributed by atoms with Crippen LogP contribution in [-0.2, 0) is 14.3 Å². The lowest BCUT2D eigenvalue weighted by atomic mass is 10.1. The first-order chi connectivity index (χ1) is 17.9. The van der Waals surface area contributed by atoms with Gasteiger partial charge in [-0.05, 0) is 49.4 Å². The monoisotopic (exact) mass is 520 g/mol. The van der Waals surface area contributed by atoms with Gasteiger partial charge in [0.25, 0.3) is 11.8 Å². The third-order valence-corrected chi connectivity index (χ3v) is 5.98. The molecule has 9 heteroatoms. The van der Waals surface area contributed by atoms with E-state index in [4.69, 9.17) is 14.2 Å². The second-order valence-electron chi connectivity index (χ2n) is 7.54. The van der Waals surface area contributed by atoms with Gasteiger partial charge in [0.1, 0.15) is 5.70 Å². The summed E-state index contributed by atoms with van der Waals surface area (Å²) in [5.41, 5.74) is 1.44. The molecule has 3 rings (SSSR count). The highest BCUT2D eigenvalue weighted by atomic mass is 32.2. The molecule has 0 aliphatic rings. The highest BCUT2D eigenvalue weighted by Gasteiger charge is 2.17. The van der Waals surface area contributed by atoms with Crippen LogP contribution in [0, 0.1) is 0 Å². The van der Waals surface area contributed by atoms with Gasteiger partial charge in [-0.1, -0.05) is 36.4 Å². The molecule has 192 valence electrons. The topological polar surface area (TPSA) is 103 Å². The van der Waals surface area contributed by atoms with Gasteiger partial charge in [0.15, 0.2) is 11.5 Å². The summed E-state index contributed by atoms with van der Waals surface area (Å²) in [6, 6.07) is 20.9. The predicted octanol–water partition coefficient (Wildman–Crippen LogP) is 4.77. The summed E-state index contributed by atoms with van der Waals surface area (Å²) in [5, 5.41) is 5.52. The number of hydrogen-bond donors (Lipinski definition) is 2. The Hall–Kier alpha value is -4.24. The van der Waals surface area contributed by atoms with E-state index in [2.05, 4.69) is 10.6 Å². The molecule has 0 bridgehead atoms. The third-order valence-electron chi connectivity index (χ3n) is 5.02. The Balaban J connectivity index is 1.88. The molecule has 0 saturated carbocycles. The minimum Gasteiger partial charge on any atom is -0.493 e. The summed E-state index contributed by atoms with van der Waals surface area (Å²) in [6.45, 7) is 2.07. The fourth-order valence-electron chi connectivity index (χ4n) is 3.33. The number of anilines is 1. The lowest BCUT2D eigenvalue weighted by molar-refractivity contribution is -0.139. The second kappa shape index (κ2) is 13.7. The van der Waals surface area contributed by atoms with Crippen LogP contribution in [0.4, 0.5) is 5.69 Å². The molecule has 0 heterocycles. The molecule has 0 aliphatic heterocycles. The molecular weight excluding hydrogens is 492 g/mol. The molecule has 0 aliphatic carbocycles. The van der Waals surface area contributed by atoms with Gasteiger partial charge in [0.2, 0.25) is 0 Å². The Morgan fingerprint density at radius 2 is 1.68 bits per heavy atom. The van der Waals surface area contributed by atoms with E-state index in [9.17, 15) is 14.4 Å². The zero-order valence-corrected chi connectivity index (χ0v) is 21.6. The maximum absolute atomic E-state index is 13.4. The van der Waals surface area contributed by atoms with Gasteiger partial charge in [0.05, 0.1) is 26.6 Å². The predicted molar refractivity (Wildman–Crippen MR) is 144 cm³/mol. The molecular formula is C28H28N2O6S. The van der Waals surface area contributed by atoms with Crippen molar-refractivity contribution in [2.24, 2.45) is 0 Å². The summed E-state index contributed by atoms with van der Waals surface area (Å²) in [4.78, 5) is 38.7. The van der Waals surface area contributed by atoms with Crippen molar-refractivity contribution in [3.05, 3.63) is 89.6 Å². The summed E-state index contributed by atoms with van der Waals surface area (Å²) in [6.07, 6.45) is 1.52. The molecule has 2 N–H and O–H groups in total. The van der Waals surface area contributed by atoms with Crippen molar-refractivity contribution in [3.8, 4) is 11.5 Å². The van der Waals surface area contributed by atoms with Gasteiger partial charge >= 0.3 is 5.97 Å². The van der Waals surface area contributed by atoms with Crippen LogP contribution in [0.3, 0.4) is 0 Å². The quantitative estimate of drug-likeness (QED) is 0.213. The van der Waals surface area contributed by atoms with Crippen molar-refractivity contribution >= 4 is 41.3 Å². The van der Waals surface area contributed by atoms with Crippen LogP contribution in [0.1, 0.15) is 22.8 Å². The smallest absolute Gasteiger partial charge is 0.316 e. The minimum absolute atomic E-state index is 0.00462. The zero-order valence-electron chi connectivity index (χ0n) is 20.8. The molecule has 0 spiro atoms. The van der Waals surface area contributed by atoms with Gasteiger partial charge in [-0.2, -0.15) is 0 Å². The van der Waals surface area contributed by atoms with E-state index in [1.807, 2.05) is 6.07 Å². The second-order valence-corrected chi connectivity index (χ2v) is 8.59. The molecule has 37 heavy (non-hydrogen) atoms. The lowest BCUT2D eigenvalue weighted by Gasteiger charge is -2.14. The first kappa shape index (κ1) is 27.3. The zero-order chi connectivity index (χ0) is 26.6. The number of thioether (sulfide) groups is 1. The van der Waals surface area contributed by atoms with Crippen molar-refractivity contribution in [2.45, 2.75) is 11.8 Å². The van der Waals surface area contributed by atoms with Crippen LogP contribution >= 0.6 is 11.8 Å². The molecule has 0 fully saturated rings. The van der Waals surface area contributed by atoms with Gasteiger partial charge in [0, 0.05) is 21.7 Å². The van der Waals surface area contributed by atoms with E-state index in [-0.39, 0.29) is 17.4 Å². The van der Waals surface area contributed by atoms with E-state index >= 15 is 0 Å². The highest BCUT2D eigenvalue weighted by Crippen LogP contribution is 2.32. The largest absolute Gasteiger partial charge is 0.493 e. The third kappa shape index (κ3) is 7.88. The number of para-hydroxylation sites is 1. The molecule has 8 nitrogen and oxygen atoms in total. The fourth-order valence-corrected chi connectivity index (χ4v) is 4.08. The van der Waals surface area contributed by atoms with E-state index in [1.165, 1.54) is 32.1 Å². The van der Waals surface area contributed by atoms with Crippen LogP contribution < -0.4 is 20.1 Å². The maximum atomic E-state index is 13.4. The molecule has 0 unspecified atom stereocenters. The average molecular weight is 521 g/mol. The van der Waals surface area contributed by atoms with Crippen LogP contribution in [0.2, 0.25) is 0 Å². The van der Waals surface area contributed by atoms with Gasteiger partial charge in [-0.15, -0.1) is 11.8 Å². The normalized spacial score (nSPS) is 10.8. The first-order valence-electron chi connectivity index (χ1n) is 11.4. The van der Waals surface area contributed by atoms with Crippen molar-refractivity contribution in [3.63, 3.8) is 0 Å². The number of carbonyl (C=O) groups excluding carboxylic acids is 3. The number of hydrogen-bond acceptors (Lipinski definition) is 7. The summed E-state index contributed by atoms with van der Waals surface area (Å²) < 4.78 is 15.8. The number of methoxy groups -OCH3 is 2. The van der Waals surface area contributed by atoms with Crippen LogP contribution in [-0.4, -0.2) is 44.4 Å². The Labute approximate surface area is 220 Å². The Morgan fingerprint density at radius 3 is 2.38 bits per heavy atom. The van der Waals surface area contributed by atoms with Crippen molar-refractivity contribution in [1.29, 1.82) is 0 Å². The standard InChI is InChI=1S/C28H28N2O6S/c1-4-36-25(31)18-37-22-14-9-13-21(17-22)29-28(33)23(30-27(32)19-10-6-5-7-11-19)16-20-12-8-15-24(34-2)26(20)35-3/h5-17H,4,18H2,1-3H3,(H,29,33)(H,30,32)/b23-16+. The number of nitrogens with one attached hydrogen (secondary N) is 2. The molecule has 0 saturated heterocycles. The van der Waals surface area contributed by atoms with E-state index in [0.29, 0.717) is 34.9 Å². The van der Waals surface area contributed by atoms with Crippen molar-refractivity contribution < 1.29 is 28.6 Å².